The molecule has 2 aliphatic rings. The van der Waals surface area contributed by atoms with Crippen molar-refractivity contribution in [3.05, 3.63) is 0 Å². The summed E-state index contributed by atoms with van der Waals surface area (Å²) in [4.78, 5) is 3.41. The Kier molecular flexibility index (Phi) is 2.75. The van der Waals surface area contributed by atoms with Crippen LogP contribution < -0.4 is 0 Å². The number of hydrogen-bond acceptors (Lipinski definition) is 1. The average Bonchev–Trinajstić information content (AvgIpc) is 2.76. The molecule has 0 bridgehead atoms. The van der Waals surface area contributed by atoms with Crippen LogP contribution in [-0.2, 0) is 0 Å². The summed E-state index contributed by atoms with van der Waals surface area (Å²) in [5.41, 5.74) is 0. The molecule has 0 amide bonds. The van der Waals surface area contributed by atoms with Crippen molar-refractivity contribution in [3.8, 4) is 0 Å². The average molecular weight is 232 g/mol. The first-order valence-electron chi connectivity index (χ1n) is 5.16. The molecule has 0 aromatic carbocycles. The summed E-state index contributed by atoms with van der Waals surface area (Å²) in [5, 5.41) is 0. The van der Waals surface area contributed by atoms with E-state index in [1.165, 1.54) is 38.9 Å². The van der Waals surface area contributed by atoms with E-state index in [0.29, 0.717) is 0 Å². The predicted molar refractivity (Wildman–Crippen MR) is 55.7 cm³/mol. The second-order valence-electron chi connectivity index (χ2n) is 4.35. The quantitative estimate of drug-likeness (QED) is 0.676. The smallest absolute Gasteiger partial charge is 0.0313 e. The molecule has 1 nitrogen and oxygen atoms in total. The van der Waals surface area contributed by atoms with Gasteiger partial charge in [0.25, 0.3) is 0 Å². The normalized spacial score (nSPS) is 37.5. The van der Waals surface area contributed by atoms with Gasteiger partial charge in [0.1, 0.15) is 0 Å². The predicted octanol–water partition coefficient (Wildman–Crippen LogP) is 2.50. The number of halogens is 1. The second kappa shape index (κ2) is 3.67. The molecule has 1 saturated carbocycles. The zero-order chi connectivity index (χ0) is 8.55. The van der Waals surface area contributed by atoms with Crippen LogP contribution in [0.5, 0.6) is 0 Å². The van der Waals surface area contributed by atoms with Gasteiger partial charge in [-0.3, -0.25) is 0 Å². The molecule has 0 spiro atoms. The van der Waals surface area contributed by atoms with Gasteiger partial charge in [-0.25, -0.2) is 0 Å². The molecular formula is C10H18BrN. The van der Waals surface area contributed by atoms with Crippen molar-refractivity contribution in [2.75, 3.05) is 19.6 Å². The zero-order valence-corrected chi connectivity index (χ0v) is 9.39. The van der Waals surface area contributed by atoms with Gasteiger partial charge >= 0.3 is 0 Å². The lowest BCUT2D eigenvalue weighted by Gasteiger charge is -2.14. The number of alkyl halides is 1. The van der Waals surface area contributed by atoms with E-state index in [0.717, 1.165) is 16.7 Å². The molecule has 2 rings (SSSR count). The van der Waals surface area contributed by atoms with Gasteiger partial charge in [-0.05, 0) is 24.7 Å². The van der Waals surface area contributed by atoms with Crippen molar-refractivity contribution < 1.29 is 0 Å². The van der Waals surface area contributed by atoms with Crippen LogP contribution in [0, 0.1) is 11.8 Å². The molecule has 0 N–H and O–H groups in total. The molecule has 0 aromatic rings. The molecule has 70 valence electrons. The minimum atomic E-state index is 0.765. The first-order chi connectivity index (χ1) is 5.79. The molecule has 0 radical (unpaired) electrons. The summed E-state index contributed by atoms with van der Waals surface area (Å²) in [5.74, 6) is 1.96. The topological polar surface area (TPSA) is 3.24 Å². The SMILES string of the molecule is CCC1CN(CC2CC2)CC1Br. The van der Waals surface area contributed by atoms with Crippen LogP contribution in [-0.4, -0.2) is 29.4 Å². The highest BCUT2D eigenvalue weighted by Crippen LogP contribution is 2.33. The molecule has 2 fully saturated rings. The number of hydrogen-bond donors (Lipinski definition) is 0. The maximum absolute atomic E-state index is 3.77. The Morgan fingerprint density at radius 2 is 2.08 bits per heavy atom. The lowest BCUT2D eigenvalue weighted by molar-refractivity contribution is 0.310. The van der Waals surface area contributed by atoms with Crippen LogP contribution >= 0.6 is 15.9 Å². The Morgan fingerprint density at radius 1 is 1.33 bits per heavy atom. The summed E-state index contributed by atoms with van der Waals surface area (Å²) in [7, 11) is 0. The van der Waals surface area contributed by atoms with E-state index in [-0.39, 0.29) is 0 Å². The highest BCUT2D eigenvalue weighted by Gasteiger charge is 2.33. The fourth-order valence-corrected chi connectivity index (χ4v) is 3.07. The third-order valence-corrected chi connectivity index (χ3v) is 4.21. The first kappa shape index (κ1) is 9.01. The van der Waals surface area contributed by atoms with E-state index in [4.69, 9.17) is 0 Å². The summed E-state index contributed by atoms with van der Waals surface area (Å²) in [6, 6.07) is 0. The fourth-order valence-electron chi connectivity index (χ4n) is 2.12. The molecule has 2 unspecified atom stereocenters. The van der Waals surface area contributed by atoms with Gasteiger partial charge in [0.2, 0.25) is 0 Å². The Morgan fingerprint density at radius 3 is 2.58 bits per heavy atom. The fraction of sp³-hybridized carbons (Fsp3) is 1.00. The molecule has 0 aromatic heterocycles. The van der Waals surface area contributed by atoms with Gasteiger partial charge in [-0.15, -0.1) is 0 Å². The van der Waals surface area contributed by atoms with Crippen molar-refractivity contribution in [2.45, 2.75) is 31.0 Å². The molecule has 2 heteroatoms. The largest absolute Gasteiger partial charge is 0.302 e. The van der Waals surface area contributed by atoms with Crippen molar-refractivity contribution >= 4 is 15.9 Å². The number of nitrogens with zero attached hydrogens (tertiary/aromatic N) is 1. The molecule has 2 atom stereocenters. The molecular weight excluding hydrogens is 214 g/mol. The van der Waals surface area contributed by atoms with Gasteiger partial charge in [0.15, 0.2) is 0 Å². The van der Waals surface area contributed by atoms with Crippen molar-refractivity contribution in [3.63, 3.8) is 0 Å². The molecule has 12 heavy (non-hydrogen) atoms. The van der Waals surface area contributed by atoms with Gasteiger partial charge in [0.05, 0.1) is 0 Å². The summed E-state index contributed by atoms with van der Waals surface area (Å²) < 4.78 is 0. The summed E-state index contributed by atoms with van der Waals surface area (Å²) in [6.45, 7) is 6.30. The van der Waals surface area contributed by atoms with Crippen molar-refractivity contribution in [2.24, 2.45) is 11.8 Å². The van der Waals surface area contributed by atoms with Crippen LogP contribution in [0.3, 0.4) is 0 Å². The lowest BCUT2D eigenvalue weighted by atomic mass is 10.1. The lowest BCUT2D eigenvalue weighted by Crippen LogP contribution is -2.23. The van der Waals surface area contributed by atoms with E-state index in [2.05, 4.69) is 27.8 Å². The number of rotatable bonds is 3. The minimum absolute atomic E-state index is 0.765. The van der Waals surface area contributed by atoms with E-state index < -0.39 is 0 Å². The van der Waals surface area contributed by atoms with E-state index in [9.17, 15) is 0 Å². The van der Waals surface area contributed by atoms with Gasteiger partial charge in [-0.1, -0.05) is 29.3 Å². The number of likely N-dealkylation sites (tertiary alicyclic amines) is 1. The highest BCUT2D eigenvalue weighted by atomic mass is 79.9. The third kappa shape index (κ3) is 2.02. The van der Waals surface area contributed by atoms with Gasteiger partial charge < -0.3 is 4.90 Å². The molecule has 1 aliphatic carbocycles. The Balaban J connectivity index is 1.78. The van der Waals surface area contributed by atoms with Crippen LogP contribution in [0.2, 0.25) is 0 Å². The van der Waals surface area contributed by atoms with Crippen LogP contribution in [0.15, 0.2) is 0 Å². The Hall–Kier alpha value is 0.440. The second-order valence-corrected chi connectivity index (χ2v) is 5.52. The van der Waals surface area contributed by atoms with Crippen LogP contribution in [0.1, 0.15) is 26.2 Å². The van der Waals surface area contributed by atoms with Crippen molar-refractivity contribution in [1.29, 1.82) is 0 Å². The first-order valence-corrected chi connectivity index (χ1v) is 6.07. The molecule has 1 heterocycles. The monoisotopic (exact) mass is 231 g/mol. The van der Waals surface area contributed by atoms with Crippen molar-refractivity contribution in [1.82, 2.24) is 4.90 Å². The van der Waals surface area contributed by atoms with Gasteiger partial charge in [0, 0.05) is 24.5 Å². The summed E-state index contributed by atoms with van der Waals surface area (Å²) >= 11 is 3.77. The zero-order valence-electron chi connectivity index (χ0n) is 7.80. The Bertz CT molecular complexity index is 156. The summed E-state index contributed by atoms with van der Waals surface area (Å²) in [6.07, 6.45) is 4.30. The van der Waals surface area contributed by atoms with E-state index in [1.807, 2.05) is 0 Å². The van der Waals surface area contributed by atoms with Crippen LogP contribution in [0.4, 0.5) is 0 Å². The standard InChI is InChI=1S/C10H18BrN/c1-2-9-6-12(7-10(9)11)5-8-3-4-8/h8-10H,2-7H2,1H3. The highest BCUT2D eigenvalue weighted by molar-refractivity contribution is 9.09. The maximum Gasteiger partial charge on any atom is 0.0313 e. The molecule has 1 aliphatic heterocycles. The maximum atomic E-state index is 3.77. The minimum Gasteiger partial charge on any atom is -0.302 e. The Labute approximate surface area is 83.6 Å². The van der Waals surface area contributed by atoms with E-state index in [1.54, 1.807) is 0 Å². The molecule has 1 saturated heterocycles. The van der Waals surface area contributed by atoms with Gasteiger partial charge in [-0.2, -0.15) is 0 Å². The van der Waals surface area contributed by atoms with E-state index >= 15 is 0 Å². The third-order valence-electron chi connectivity index (χ3n) is 3.17. The van der Waals surface area contributed by atoms with Crippen LogP contribution in [0.25, 0.3) is 0 Å².